The van der Waals surface area contributed by atoms with E-state index in [4.69, 9.17) is 5.11 Å². The van der Waals surface area contributed by atoms with Crippen LogP contribution in [0.15, 0.2) is 12.7 Å². The molecule has 0 aliphatic heterocycles. The third-order valence-corrected chi connectivity index (χ3v) is 5.37. The second-order valence-corrected chi connectivity index (χ2v) is 6.81. The van der Waals surface area contributed by atoms with Crippen LogP contribution in [-0.2, 0) is 4.79 Å². The molecule has 0 unspecified atom stereocenters. The molecule has 0 atom stereocenters. The van der Waals surface area contributed by atoms with Gasteiger partial charge in [-0.05, 0) is 0 Å². The van der Waals surface area contributed by atoms with Gasteiger partial charge >= 0.3 is 5.97 Å². The molecule has 72 valence electrons. The molecule has 0 rings (SSSR count). The minimum atomic E-state index is -0.981. The lowest BCUT2D eigenvalue weighted by Gasteiger charge is -2.03. The number of rotatable bonds is 4. The largest absolute Gasteiger partial charge is 0.478 e. The van der Waals surface area contributed by atoms with E-state index in [1.165, 1.54) is 18.1 Å². The molecule has 0 spiro atoms. The number of carbonyl (C=O) groups is 1. The number of aliphatic carboxylic acids is 1. The van der Waals surface area contributed by atoms with E-state index in [0.717, 1.165) is 6.08 Å². The summed E-state index contributed by atoms with van der Waals surface area (Å²) in [6, 6.07) is 4.48. The van der Waals surface area contributed by atoms with Crippen LogP contribution in [0.4, 0.5) is 0 Å². The predicted molar refractivity (Wildman–Crippen MR) is 56.4 cm³/mol. The van der Waals surface area contributed by atoms with Gasteiger partial charge in [0.05, 0.1) is 0 Å². The Kier molecular flexibility index (Phi) is 12.1. The van der Waals surface area contributed by atoms with Crippen LogP contribution in [0.3, 0.4) is 0 Å². The van der Waals surface area contributed by atoms with Gasteiger partial charge in [-0.3, -0.25) is 0 Å². The standard InChI is InChI=1S/C6H16Si.C3H4O2/c1-4-7(5-2)6-3;1-2-3(4)5/h7H,4-6H2,1-3H3;2H,1H2,(H,4,5). The summed E-state index contributed by atoms with van der Waals surface area (Å²) in [4.78, 5) is 9.25. The zero-order chi connectivity index (χ0) is 9.98. The average molecular weight is 188 g/mol. The van der Waals surface area contributed by atoms with E-state index < -0.39 is 5.97 Å². The molecule has 0 amide bonds. The molecule has 0 saturated carbocycles. The van der Waals surface area contributed by atoms with Crippen LogP contribution < -0.4 is 0 Å². The fourth-order valence-electron chi connectivity index (χ4n) is 0.866. The molecule has 0 aromatic carbocycles. The molecule has 0 aliphatic rings. The molecule has 0 heterocycles. The van der Waals surface area contributed by atoms with Crippen LogP contribution in [0.25, 0.3) is 0 Å². The van der Waals surface area contributed by atoms with E-state index in [1.54, 1.807) is 0 Å². The Morgan fingerprint density at radius 3 is 1.58 bits per heavy atom. The molecular formula is C9H20O2Si. The van der Waals surface area contributed by atoms with Gasteiger partial charge in [0, 0.05) is 14.9 Å². The SMILES string of the molecule is C=CC(=O)O.CC[SiH](CC)CC. The highest BCUT2D eigenvalue weighted by atomic mass is 28.3. The highest BCUT2D eigenvalue weighted by molar-refractivity contribution is 6.58. The summed E-state index contributed by atoms with van der Waals surface area (Å²) in [6.45, 7) is 9.93. The van der Waals surface area contributed by atoms with Gasteiger partial charge < -0.3 is 5.11 Å². The first-order chi connectivity index (χ1) is 5.62. The summed E-state index contributed by atoms with van der Waals surface area (Å²) in [5.74, 6) is -0.981. The molecule has 0 aromatic rings. The molecule has 3 heteroatoms. The number of hydrogen-bond acceptors (Lipinski definition) is 1. The lowest BCUT2D eigenvalue weighted by atomic mass is 10.7. The molecule has 0 fully saturated rings. The van der Waals surface area contributed by atoms with E-state index >= 15 is 0 Å². The van der Waals surface area contributed by atoms with E-state index in [2.05, 4.69) is 27.4 Å². The van der Waals surface area contributed by atoms with Crippen molar-refractivity contribution in [2.45, 2.75) is 38.9 Å². The Balaban J connectivity index is 0. The minimum Gasteiger partial charge on any atom is -0.478 e. The third-order valence-electron chi connectivity index (χ3n) is 1.91. The molecular weight excluding hydrogens is 168 g/mol. The summed E-state index contributed by atoms with van der Waals surface area (Å²) in [6.07, 6.45) is 0.833. The second kappa shape index (κ2) is 10.4. The molecule has 2 nitrogen and oxygen atoms in total. The normalized spacial score (nSPS) is 8.67. The molecule has 0 aromatic heterocycles. The van der Waals surface area contributed by atoms with Crippen molar-refractivity contribution in [2.24, 2.45) is 0 Å². The van der Waals surface area contributed by atoms with Gasteiger partial charge in [0.25, 0.3) is 0 Å². The Morgan fingerprint density at radius 1 is 1.33 bits per heavy atom. The fraction of sp³-hybridized carbons (Fsp3) is 0.667. The molecule has 0 saturated heterocycles. The topological polar surface area (TPSA) is 37.3 Å². The maximum atomic E-state index is 9.25. The predicted octanol–water partition coefficient (Wildman–Crippen LogP) is 2.53. The zero-order valence-corrected chi connectivity index (χ0v) is 9.49. The van der Waals surface area contributed by atoms with E-state index in [0.29, 0.717) is 0 Å². The summed E-state index contributed by atoms with van der Waals surface area (Å²) < 4.78 is 0. The van der Waals surface area contributed by atoms with Crippen molar-refractivity contribution in [3.8, 4) is 0 Å². The van der Waals surface area contributed by atoms with Crippen molar-refractivity contribution < 1.29 is 9.90 Å². The van der Waals surface area contributed by atoms with Crippen LogP contribution in [0.5, 0.6) is 0 Å². The second-order valence-electron chi connectivity index (χ2n) is 2.63. The van der Waals surface area contributed by atoms with Gasteiger partial charge in [-0.1, -0.05) is 45.5 Å². The number of carboxylic acids is 1. The van der Waals surface area contributed by atoms with Crippen molar-refractivity contribution >= 4 is 14.8 Å². The molecule has 0 radical (unpaired) electrons. The van der Waals surface area contributed by atoms with Crippen molar-refractivity contribution in [1.82, 2.24) is 0 Å². The smallest absolute Gasteiger partial charge is 0.327 e. The Morgan fingerprint density at radius 2 is 1.58 bits per heavy atom. The van der Waals surface area contributed by atoms with Crippen LogP contribution >= 0.6 is 0 Å². The van der Waals surface area contributed by atoms with E-state index in [-0.39, 0.29) is 8.80 Å². The van der Waals surface area contributed by atoms with Gasteiger partial charge in [0.2, 0.25) is 0 Å². The first kappa shape index (κ1) is 14.0. The van der Waals surface area contributed by atoms with Crippen molar-refractivity contribution in [2.75, 3.05) is 0 Å². The Labute approximate surface area is 76.9 Å². The first-order valence-electron chi connectivity index (χ1n) is 4.47. The summed E-state index contributed by atoms with van der Waals surface area (Å²) in [5.41, 5.74) is 0. The average Bonchev–Trinajstić information content (AvgIpc) is 2.09. The van der Waals surface area contributed by atoms with E-state index in [9.17, 15) is 4.79 Å². The molecule has 0 bridgehead atoms. The van der Waals surface area contributed by atoms with Crippen molar-refractivity contribution in [3.63, 3.8) is 0 Å². The van der Waals surface area contributed by atoms with Crippen LogP contribution in [0.1, 0.15) is 20.8 Å². The molecule has 1 N–H and O–H groups in total. The number of hydrogen-bond donors (Lipinski definition) is 1. The van der Waals surface area contributed by atoms with Gasteiger partial charge in [-0.25, -0.2) is 4.79 Å². The highest BCUT2D eigenvalue weighted by Crippen LogP contribution is 2.01. The van der Waals surface area contributed by atoms with Gasteiger partial charge in [0.15, 0.2) is 0 Å². The fourth-order valence-corrected chi connectivity index (χ4v) is 2.60. The Bertz CT molecular complexity index is 114. The van der Waals surface area contributed by atoms with Crippen LogP contribution in [0.2, 0.25) is 18.1 Å². The van der Waals surface area contributed by atoms with Gasteiger partial charge in [-0.15, -0.1) is 0 Å². The van der Waals surface area contributed by atoms with Crippen LogP contribution in [0, 0.1) is 0 Å². The lowest BCUT2D eigenvalue weighted by molar-refractivity contribution is -0.131. The molecule has 0 aliphatic carbocycles. The zero-order valence-electron chi connectivity index (χ0n) is 8.34. The summed E-state index contributed by atoms with van der Waals surface area (Å²) >= 11 is 0. The highest BCUT2D eigenvalue weighted by Gasteiger charge is 1.98. The maximum absolute atomic E-state index is 9.25. The lowest BCUT2D eigenvalue weighted by Crippen LogP contribution is -2.04. The van der Waals surface area contributed by atoms with E-state index in [1.807, 2.05) is 0 Å². The van der Waals surface area contributed by atoms with Gasteiger partial charge in [0.1, 0.15) is 0 Å². The van der Waals surface area contributed by atoms with Crippen molar-refractivity contribution in [1.29, 1.82) is 0 Å². The first-order valence-corrected chi connectivity index (χ1v) is 6.92. The quantitative estimate of drug-likeness (QED) is 0.544. The summed E-state index contributed by atoms with van der Waals surface area (Å²) in [5, 5.41) is 7.60. The molecule has 12 heavy (non-hydrogen) atoms. The maximum Gasteiger partial charge on any atom is 0.327 e. The third kappa shape index (κ3) is 12.1. The minimum absolute atomic E-state index is 0.171. The monoisotopic (exact) mass is 188 g/mol. The van der Waals surface area contributed by atoms with Crippen LogP contribution in [-0.4, -0.2) is 19.9 Å². The van der Waals surface area contributed by atoms with Gasteiger partial charge in [-0.2, -0.15) is 0 Å². The van der Waals surface area contributed by atoms with Crippen molar-refractivity contribution in [3.05, 3.63) is 12.7 Å². The number of carboxylic acid groups (broad SMARTS) is 1. The Hall–Kier alpha value is -0.573. The summed E-state index contributed by atoms with van der Waals surface area (Å²) in [7, 11) is -0.171.